The summed E-state index contributed by atoms with van der Waals surface area (Å²) in [5.74, 6) is -0.334. The van der Waals surface area contributed by atoms with E-state index >= 15 is 0 Å². The van der Waals surface area contributed by atoms with Crippen LogP contribution in [-0.4, -0.2) is 31.4 Å². The number of hydrogen-bond acceptors (Lipinski definition) is 4. The van der Waals surface area contributed by atoms with Crippen molar-refractivity contribution in [3.05, 3.63) is 53.6 Å². The maximum Gasteiger partial charge on any atom is 0.495 e. The highest BCUT2D eigenvalue weighted by Gasteiger charge is 2.52. The summed E-state index contributed by atoms with van der Waals surface area (Å²) in [4.78, 5) is 11.6. The van der Waals surface area contributed by atoms with Crippen LogP contribution in [0, 0.1) is 0 Å². The first-order chi connectivity index (χ1) is 12.7. The van der Waals surface area contributed by atoms with Gasteiger partial charge in [-0.05, 0) is 62.0 Å². The van der Waals surface area contributed by atoms with E-state index < -0.39 is 7.12 Å². The molecule has 0 bridgehead atoms. The molecule has 0 aliphatic carbocycles. The molecule has 4 nitrogen and oxygen atoms in total. The standard InChI is InChI=1S/C21H24BBrO4/c1-20(2)21(3,4)27-22(26-20)18-11-10-16(12-17(18)13-23)14-6-8-15(9-7-14)19(24)25-5/h6-12H,13H2,1-5H3. The minimum Gasteiger partial charge on any atom is -0.465 e. The Labute approximate surface area is 169 Å². The first kappa shape index (κ1) is 20.1. The minimum absolute atomic E-state index is 0.334. The number of rotatable bonds is 4. The van der Waals surface area contributed by atoms with E-state index in [-0.39, 0.29) is 17.2 Å². The molecule has 0 atom stereocenters. The van der Waals surface area contributed by atoms with Gasteiger partial charge in [0.1, 0.15) is 0 Å². The van der Waals surface area contributed by atoms with Crippen LogP contribution in [0.4, 0.5) is 0 Å². The monoisotopic (exact) mass is 430 g/mol. The van der Waals surface area contributed by atoms with Crippen molar-refractivity contribution in [1.29, 1.82) is 0 Å². The predicted molar refractivity (Wildman–Crippen MR) is 112 cm³/mol. The third-order valence-electron chi connectivity index (χ3n) is 5.43. The lowest BCUT2D eigenvalue weighted by Gasteiger charge is -2.32. The Morgan fingerprint density at radius 3 is 2.07 bits per heavy atom. The molecule has 2 aromatic rings. The van der Waals surface area contributed by atoms with Gasteiger partial charge in [-0.15, -0.1) is 0 Å². The lowest BCUT2D eigenvalue weighted by atomic mass is 9.75. The van der Waals surface area contributed by atoms with E-state index in [9.17, 15) is 4.79 Å². The van der Waals surface area contributed by atoms with Crippen molar-refractivity contribution in [3.8, 4) is 11.1 Å². The van der Waals surface area contributed by atoms with Crippen LogP contribution in [0.15, 0.2) is 42.5 Å². The largest absolute Gasteiger partial charge is 0.495 e. The molecule has 27 heavy (non-hydrogen) atoms. The van der Waals surface area contributed by atoms with E-state index in [0.29, 0.717) is 10.9 Å². The number of carbonyl (C=O) groups excluding carboxylic acids is 1. The van der Waals surface area contributed by atoms with Crippen molar-refractivity contribution in [2.24, 2.45) is 0 Å². The summed E-state index contributed by atoms with van der Waals surface area (Å²) in [5, 5.41) is 0.695. The van der Waals surface area contributed by atoms with Crippen molar-refractivity contribution in [3.63, 3.8) is 0 Å². The Hall–Kier alpha value is -1.63. The first-order valence-corrected chi connectivity index (χ1v) is 10.0. The highest BCUT2D eigenvalue weighted by atomic mass is 79.9. The molecule has 1 aliphatic heterocycles. The second kappa shape index (κ2) is 7.42. The normalized spacial score (nSPS) is 17.8. The van der Waals surface area contributed by atoms with Gasteiger partial charge in [-0.25, -0.2) is 4.79 Å². The minimum atomic E-state index is -0.390. The quantitative estimate of drug-likeness (QED) is 0.411. The zero-order chi connectivity index (χ0) is 19.8. The van der Waals surface area contributed by atoms with Crippen molar-refractivity contribution < 1.29 is 18.8 Å². The summed E-state index contributed by atoms with van der Waals surface area (Å²) >= 11 is 3.59. The Morgan fingerprint density at radius 1 is 1.00 bits per heavy atom. The fourth-order valence-electron chi connectivity index (χ4n) is 3.02. The van der Waals surface area contributed by atoms with Crippen LogP contribution in [0.2, 0.25) is 0 Å². The number of alkyl halides is 1. The SMILES string of the molecule is COC(=O)c1ccc(-c2ccc(B3OC(C)(C)C(C)(C)O3)c(CBr)c2)cc1. The van der Waals surface area contributed by atoms with Crippen LogP contribution in [-0.2, 0) is 19.4 Å². The summed E-state index contributed by atoms with van der Waals surface area (Å²) in [6, 6.07) is 13.6. The van der Waals surface area contributed by atoms with E-state index in [0.717, 1.165) is 22.2 Å². The molecule has 0 spiro atoms. The smallest absolute Gasteiger partial charge is 0.465 e. The van der Waals surface area contributed by atoms with Crippen LogP contribution in [0.25, 0.3) is 11.1 Å². The van der Waals surface area contributed by atoms with Crippen LogP contribution < -0.4 is 5.46 Å². The van der Waals surface area contributed by atoms with E-state index in [2.05, 4.69) is 61.8 Å². The Kier molecular flexibility index (Phi) is 5.53. The molecular formula is C21H24BBrO4. The number of ether oxygens (including phenoxy) is 1. The molecule has 142 valence electrons. The average molecular weight is 431 g/mol. The molecule has 0 N–H and O–H groups in total. The van der Waals surface area contributed by atoms with Gasteiger partial charge in [0.2, 0.25) is 0 Å². The molecule has 1 saturated heterocycles. The van der Waals surface area contributed by atoms with Crippen molar-refractivity contribution >= 4 is 34.5 Å². The van der Waals surface area contributed by atoms with Crippen LogP contribution >= 0.6 is 15.9 Å². The number of methoxy groups -OCH3 is 1. The molecule has 6 heteroatoms. The maximum atomic E-state index is 11.6. The molecule has 0 saturated carbocycles. The van der Waals surface area contributed by atoms with Gasteiger partial charge in [0.05, 0.1) is 23.9 Å². The van der Waals surface area contributed by atoms with Crippen molar-refractivity contribution in [2.45, 2.75) is 44.2 Å². The fourth-order valence-corrected chi connectivity index (χ4v) is 3.50. The Balaban J connectivity index is 1.90. The van der Waals surface area contributed by atoms with E-state index in [4.69, 9.17) is 14.0 Å². The molecule has 1 fully saturated rings. The number of hydrogen-bond donors (Lipinski definition) is 0. The number of esters is 1. The van der Waals surface area contributed by atoms with Crippen molar-refractivity contribution in [1.82, 2.24) is 0 Å². The molecule has 1 heterocycles. The molecule has 2 aromatic carbocycles. The first-order valence-electron chi connectivity index (χ1n) is 8.92. The molecule has 1 aliphatic rings. The lowest BCUT2D eigenvalue weighted by molar-refractivity contribution is 0.00578. The summed E-state index contributed by atoms with van der Waals surface area (Å²) in [6.07, 6.45) is 0. The Bertz CT molecular complexity index is 830. The molecule has 0 radical (unpaired) electrons. The fraction of sp³-hybridized carbons (Fsp3) is 0.381. The maximum absolute atomic E-state index is 11.6. The number of halogens is 1. The van der Waals surface area contributed by atoms with E-state index in [1.165, 1.54) is 7.11 Å². The molecule has 0 amide bonds. The van der Waals surface area contributed by atoms with Gasteiger partial charge in [0, 0.05) is 5.33 Å². The zero-order valence-corrected chi connectivity index (χ0v) is 17.9. The van der Waals surface area contributed by atoms with Crippen molar-refractivity contribution in [2.75, 3.05) is 7.11 Å². The topological polar surface area (TPSA) is 44.8 Å². The third kappa shape index (κ3) is 3.84. The Morgan fingerprint density at radius 2 is 1.56 bits per heavy atom. The average Bonchev–Trinajstić information content (AvgIpc) is 2.88. The van der Waals surface area contributed by atoms with E-state index in [1.807, 2.05) is 12.1 Å². The summed E-state index contributed by atoms with van der Waals surface area (Å²) in [6.45, 7) is 8.21. The van der Waals surface area contributed by atoms with Crippen LogP contribution in [0.3, 0.4) is 0 Å². The molecule has 0 unspecified atom stereocenters. The third-order valence-corrected chi connectivity index (χ3v) is 6.04. The van der Waals surface area contributed by atoms with Crippen LogP contribution in [0.5, 0.6) is 0 Å². The molecular weight excluding hydrogens is 407 g/mol. The van der Waals surface area contributed by atoms with Crippen LogP contribution in [0.1, 0.15) is 43.6 Å². The summed E-state index contributed by atoms with van der Waals surface area (Å²) in [5.41, 5.74) is 4.04. The highest BCUT2D eigenvalue weighted by molar-refractivity contribution is 9.08. The summed E-state index contributed by atoms with van der Waals surface area (Å²) in [7, 11) is 0.991. The van der Waals surface area contributed by atoms with Gasteiger partial charge >= 0.3 is 13.1 Å². The van der Waals surface area contributed by atoms with Gasteiger partial charge in [-0.3, -0.25) is 0 Å². The van der Waals surface area contributed by atoms with Gasteiger partial charge in [0.15, 0.2) is 0 Å². The molecule has 0 aromatic heterocycles. The summed E-state index contributed by atoms with van der Waals surface area (Å²) < 4.78 is 17.1. The second-order valence-electron chi connectivity index (χ2n) is 7.70. The van der Waals surface area contributed by atoms with Gasteiger partial charge in [0.25, 0.3) is 0 Å². The lowest BCUT2D eigenvalue weighted by Crippen LogP contribution is -2.41. The van der Waals surface area contributed by atoms with E-state index in [1.54, 1.807) is 12.1 Å². The second-order valence-corrected chi connectivity index (χ2v) is 8.27. The number of benzene rings is 2. The predicted octanol–water partition coefficient (Wildman–Crippen LogP) is 4.33. The number of carbonyl (C=O) groups is 1. The van der Waals surface area contributed by atoms with Gasteiger partial charge < -0.3 is 14.0 Å². The highest BCUT2D eigenvalue weighted by Crippen LogP contribution is 2.37. The van der Waals surface area contributed by atoms with Gasteiger partial charge in [-0.2, -0.15) is 0 Å². The zero-order valence-electron chi connectivity index (χ0n) is 16.3. The molecule has 3 rings (SSSR count). The van der Waals surface area contributed by atoms with Gasteiger partial charge in [-0.1, -0.05) is 46.3 Å².